The number of aromatic nitrogens is 4. The molecule has 9 nitrogen and oxygen atoms in total. The zero-order valence-electron chi connectivity index (χ0n) is 19.9. The summed E-state index contributed by atoms with van der Waals surface area (Å²) in [5, 5.41) is 13.0. The van der Waals surface area contributed by atoms with Crippen LogP contribution in [0.5, 0.6) is 17.2 Å². The molecule has 31 heavy (non-hydrogen) atoms. The average Bonchev–Trinajstić information content (AvgIpc) is 3.29. The van der Waals surface area contributed by atoms with Gasteiger partial charge in [0.2, 0.25) is 5.75 Å². The first kappa shape index (κ1) is 23.3. The number of tetrazole rings is 1. The molecule has 0 amide bonds. The van der Waals surface area contributed by atoms with Crippen LogP contribution in [-0.2, 0) is 5.54 Å². The van der Waals surface area contributed by atoms with E-state index in [-0.39, 0.29) is 11.6 Å². The fourth-order valence-corrected chi connectivity index (χ4v) is 4.07. The van der Waals surface area contributed by atoms with E-state index in [2.05, 4.69) is 53.0 Å². The van der Waals surface area contributed by atoms with E-state index in [4.69, 9.17) is 14.2 Å². The maximum atomic E-state index is 5.64. The largest absolute Gasteiger partial charge is 0.493 e. The van der Waals surface area contributed by atoms with Crippen molar-refractivity contribution in [2.75, 3.05) is 54.1 Å². The number of rotatable bonds is 9. The summed E-state index contributed by atoms with van der Waals surface area (Å²) in [6.45, 7) is 13.6. The molecule has 0 aliphatic carbocycles. The van der Waals surface area contributed by atoms with Crippen LogP contribution < -0.4 is 14.2 Å². The second-order valence-electron chi connectivity index (χ2n) is 8.45. The van der Waals surface area contributed by atoms with E-state index in [1.165, 1.54) is 0 Å². The first-order valence-electron chi connectivity index (χ1n) is 10.9. The van der Waals surface area contributed by atoms with Crippen LogP contribution in [0.1, 0.15) is 51.5 Å². The maximum Gasteiger partial charge on any atom is 0.203 e. The molecule has 2 aromatic rings. The number of hydrogen-bond donors (Lipinski definition) is 0. The predicted octanol–water partition coefficient (Wildman–Crippen LogP) is 2.57. The van der Waals surface area contributed by atoms with Crippen LogP contribution >= 0.6 is 0 Å². The molecule has 0 N–H and O–H groups in total. The zero-order valence-corrected chi connectivity index (χ0v) is 19.9. The molecule has 1 saturated heterocycles. The molecule has 1 aliphatic rings. The normalized spacial score (nSPS) is 16.9. The molecule has 1 atom stereocenters. The molecule has 172 valence electrons. The van der Waals surface area contributed by atoms with Crippen molar-refractivity contribution in [3.05, 3.63) is 23.5 Å². The molecule has 0 spiro atoms. The van der Waals surface area contributed by atoms with Crippen LogP contribution in [0.25, 0.3) is 0 Å². The van der Waals surface area contributed by atoms with E-state index < -0.39 is 0 Å². The molecule has 1 aliphatic heterocycles. The summed E-state index contributed by atoms with van der Waals surface area (Å²) >= 11 is 0. The number of ether oxygens (including phenoxy) is 3. The van der Waals surface area contributed by atoms with Gasteiger partial charge in [0.1, 0.15) is 0 Å². The fraction of sp³-hybridized carbons (Fsp3) is 0.682. The van der Waals surface area contributed by atoms with Gasteiger partial charge < -0.3 is 19.1 Å². The Morgan fingerprint density at radius 2 is 1.58 bits per heavy atom. The van der Waals surface area contributed by atoms with Gasteiger partial charge in [0, 0.05) is 26.2 Å². The second kappa shape index (κ2) is 9.82. The van der Waals surface area contributed by atoms with Crippen molar-refractivity contribution in [2.45, 2.75) is 45.7 Å². The fourth-order valence-electron chi connectivity index (χ4n) is 4.07. The predicted molar refractivity (Wildman–Crippen MR) is 119 cm³/mol. The van der Waals surface area contributed by atoms with Crippen LogP contribution in [0, 0.1) is 0 Å². The molecule has 0 radical (unpaired) electrons. The van der Waals surface area contributed by atoms with Crippen molar-refractivity contribution >= 4 is 0 Å². The van der Waals surface area contributed by atoms with E-state index in [1.54, 1.807) is 21.3 Å². The van der Waals surface area contributed by atoms with Gasteiger partial charge in [0.05, 0.1) is 32.9 Å². The van der Waals surface area contributed by atoms with Crippen LogP contribution in [0.15, 0.2) is 12.1 Å². The van der Waals surface area contributed by atoms with Crippen molar-refractivity contribution in [1.82, 2.24) is 30.0 Å². The standard InChI is InChI=1S/C22H36N6O3/c1-8-22(3,4)28-21(23-24-25-28)19(27-12-10-26(9-2)11-13-27)16-14-17(29-5)20(31-7)18(15-16)30-6/h14-15,19H,8-13H2,1-7H3/t19-/m0/s1. The lowest BCUT2D eigenvalue weighted by molar-refractivity contribution is 0.105. The van der Waals surface area contributed by atoms with Crippen LogP contribution in [0.2, 0.25) is 0 Å². The second-order valence-corrected chi connectivity index (χ2v) is 8.45. The minimum Gasteiger partial charge on any atom is -0.493 e. The smallest absolute Gasteiger partial charge is 0.203 e. The lowest BCUT2D eigenvalue weighted by Crippen LogP contribution is -2.48. The topological polar surface area (TPSA) is 77.8 Å². The number of likely N-dealkylation sites (N-methyl/N-ethyl adjacent to an activating group) is 1. The lowest BCUT2D eigenvalue weighted by Gasteiger charge is -2.39. The number of benzene rings is 1. The molecular formula is C22H36N6O3. The summed E-state index contributed by atoms with van der Waals surface area (Å²) < 4.78 is 18.8. The van der Waals surface area contributed by atoms with Gasteiger partial charge in [0.15, 0.2) is 17.3 Å². The molecule has 0 bridgehead atoms. The molecule has 2 heterocycles. The highest BCUT2D eigenvalue weighted by atomic mass is 16.5. The molecule has 1 fully saturated rings. The van der Waals surface area contributed by atoms with Crippen LogP contribution in [0.3, 0.4) is 0 Å². The Kier molecular flexibility index (Phi) is 7.38. The summed E-state index contributed by atoms with van der Waals surface area (Å²) in [5.41, 5.74) is 0.811. The van der Waals surface area contributed by atoms with Gasteiger partial charge in [-0.25, -0.2) is 4.68 Å². The van der Waals surface area contributed by atoms with Gasteiger partial charge >= 0.3 is 0 Å². The molecule has 1 aromatic heterocycles. The first-order valence-corrected chi connectivity index (χ1v) is 10.9. The summed E-state index contributed by atoms with van der Waals surface area (Å²) in [6, 6.07) is 3.89. The van der Waals surface area contributed by atoms with Gasteiger partial charge in [-0.2, -0.15) is 0 Å². The van der Waals surface area contributed by atoms with Gasteiger partial charge in [-0.1, -0.05) is 13.8 Å². The molecule has 1 aromatic carbocycles. The average molecular weight is 433 g/mol. The zero-order chi connectivity index (χ0) is 22.6. The van der Waals surface area contributed by atoms with E-state index in [1.807, 2.05) is 16.8 Å². The van der Waals surface area contributed by atoms with Gasteiger partial charge in [0.25, 0.3) is 0 Å². The summed E-state index contributed by atoms with van der Waals surface area (Å²) in [6.07, 6.45) is 0.913. The van der Waals surface area contributed by atoms with Crippen molar-refractivity contribution in [2.24, 2.45) is 0 Å². The SMILES string of the molecule is CCN1CCN([C@@H](c2cc(OC)c(OC)c(OC)c2)c2nnnn2C(C)(C)CC)CC1. The van der Waals surface area contributed by atoms with Crippen molar-refractivity contribution in [3.63, 3.8) is 0 Å². The Labute approximate surface area is 185 Å². The highest BCUT2D eigenvalue weighted by molar-refractivity contribution is 5.55. The number of methoxy groups -OCH3 is 3. The van der Waals surface area contributed by atoms with Crippen LogP contribution in [0.4, 0.5) is 0 Å². The Morgan fingerprint density at radius 3 is 2.06 bits per heavy atom. The quantitative estimate of drug-likeness (QED) is 0.598. The van der Waals surface area contributed by atoms with Crippen molar-refractivity contribution < 1.29 is 14.2 Å². The lowest BCUT2D eigenvalue weighted by atomic mass is 9.98. The molecule has 0 unspecified atom stereocenters. The third-order valence-electron chi connectivity index (χ3n) is 6.40. The minimum atomic E-state index is -0.205. The van der Waals surface area contributed by atoms with E-state index in [0.717, 1.165) is 50.5 Å². The maximum absolute atomic E-state index is 5.64. The van der Waals surface area contributed by atoms with E-state index in [0.29, 0.717) is 17.2 Å². The number of piperazine rings is 1. The van der Waals surface area contributed by atoms with E-state index in [9.17, 15) is 0 Å². The van der Waals surface area contributed by atoms with Gasteiger partial charge in [-0.15, -0.1) is 5.10 Å². The van der Waals surface area contributed by atoms with Gasteiger partial charge in [-0.05, 0) is 54.9 Å². The van der Waals surface area contributed by atoms with Crippen LogP contribution in [-0.4, -0.2) is 84.1 Å². The van der Waals surface area contributed by atoms with Gasteiger partial charge in [-0.3, -0.25) is 4.90 Å². The minimum absolute atomic E-state index is 0.131. The highest BCUT2D eigenvalue weighted by Gasteiger charge is 2.35. The molecule has 9 heteroatoms. The number of hydrogen-bond acceptors (Lipinski definition) is 8. The first-order chi connectivity index (χ1) is 14.9. The van der Waals surface area contributed by atoms with Crippen molar-refractivity contribution in [1.29, 1.82) is 0 Å². The highest BCUT2D eigenvalue weighted by Crippen LogP contribution is 2.42. The monoisotopic (exact) mass is 432 g/mol. The third kappa shape index (κ3) is 4.62. The summed E-state index contributed by atoms with van der Waals surface area (Å²) in [7, 11) is 4.90. The van der Waals surface area contributed by atoms with E-state index >= 15 is 0 Å². The Bertz CT molecular complexity index is 836. The Morgan fingerprint density at radius 1 is 0.968 bits per heavy atom. The number of nitrogens with zero attached hydrogens (tertiary/aromatic N) is 6. The summed E-state index contributed by atoms with van der Waals surface area (Å²) in [4.78, 5) is 4.91. The summed E-state index contributed by atoms with van der Waals surface area (Å²) in [5.74, 6) is 2.66. The Hall–Kier alpha value is -2.39. The Balaban J connectivity index is 2.14. The molecule has 0 saturated carbocycles. The molecule has 3 rings (SSSR count). The third-order valence-corrected chi connectivity index (χ3v) is 6.40. The van der Waals surface area contributed by atoms with Crippen molar-refractivity contribution in [3.8, 4) is 17.2 Å². The molecular weight excluding hydrogens is 396 g/mol.